The molecule has 152 valence electrons. The van der Waals surface area contributed by atoms with E-state index >= 15 is 0 Å². The lowest BCUT2D eigenvalue weighted by Gasteiger charge is -2.33. The molecule has 7 heteroatoms. The summed E-state index contributed by atoms with van der Waals surface area (Å²) >= 11 is 0. The van der Waals surface area contributed by atoms with Gasteiger partial charge in [-0.1, -0.05) is 18.2 Å². The molecule has 2 fully saturated rings. The zero-order chi connectivity index (χ0) is 20.3. The Bertz CT molecular complexity index is 736. The van der Waals surface area contributed by atoms with Crippen LogP contribution in [0.2, 0.25) is 0 Å². The Morgan fingerprint density at radius 1 is 1.07 bits per heavy atom. The SMILES string of the molecule is CCN1C[C@]2(CC1=O)CN(C(=O)NC(C)C)CCN(C(=O)c1ccccc1)C2. The predicted octanol–water partition coefficient (Wildman–Crippen LogP) is 1.80. The van der Waals surface area contributed by atoms with Gasteiger partial charge in [0.2, 0.25) is 5.91 Å². The lowest BCUT2D eigenvalue weighted by Crippen LogP contribution is -2.49. The van der Waals surface area contributed by atoms with Crippen LogP contribution in [-0.4, -0.2) is 77.9 Å². The molecule has 1 spiro atoms. The third-order valence-electron chi connectivity index (χ3n) is 5.49. The first-order chi connectivity index (χ1) is 13.3. The summed E-state index contributed by atoms with van der Waals surface area (Å²) in [6.07, 6.45) is 0.366. The van der Waals surface area contributed by atoms with E-state index in [0.29, 0.717) is 51.3 Å². The molecule has 2 heterocycles. The normalized spacial score (nSPS) is 22.7. The van der Waals surface area contributed by atoms with Crippen LogP contribution in [0.1, 0.15) is 37.6 Å². The van der Waals surface area contributed by atoms with Gasteiger partial charge in [0.1, 0.15) is 0 Å². The molecule has 0 aliphatic carbocycles. The molecule has 1 atom stereocenters. The van der Waals surface area contributed by atoms with Crippen LogP contribution >= 0.6 is 0 Å². The minimum atomic E-state index is -0.428. The highest BCUT2D eigenvalue weighted by atomic mass is 16.2. The number of likely N-dealkylation sites (tertiary alicyclic amines) is 1. The van der Waals surface area contributed by atoms with Crippen molar-refractivity contribution >= 4 is 17.8 Å². The summed E-state index contributed by atoms with van der Waals surface area (Å²) < 4.78 is 0. The Kier molecular flexibility index (Phi) is 5.91. The molecule has 2 aliphatic rings. The predicted molar refractivity (Wildman–Crippen MR) is 107 cm³/mol. The van der Waals surface area contributed by atoms with Crippen molar-refractivity contribution in [2.24, 2.45) is 5.41 Å². The van der Waals surface area contributed by atoms with Crippen LogP contribution < -0.4 is 5.32 Å². The van der Waals surface area contributed by atoms with Crippen molar-refractivity contribution < 1.29 is 14.4 Å². The van der Waals surface area contributed by atoms with Crippen LogP contribution in [0.3, 0.4) is 0 Å². The van der Waals surface area contributed by atoms with E-state index in [2.05, 4.69) is 5.32 Å². The van der Waals surface area contributed by atoms with E-state index < -0.39 is 5.41 Å². The van der Waals surface area contributed by atoms with E-state index in [1.807, 2.05) is 48.8 Å². The van der Waals surface area contributed by atoms with Gasteiger partial charge in [-0.25, -0.2) is 4.79 Å². The van der Waals surface area contributed by atoms with Crippen molar-refractivity contribution in [2.45, 2.75) is 33.2 Å². The third kappa shape index (κ3) is 4.29. The summed E-state index contributed by atoms with van der Waals surface area (Å²) in [5.74, 6) is 0.0502. The monoisotopic (exact) mass is 386 g/mol. The second kappa shape index (κ2) is 8.20. The second-order valence-corrected chi connectivity index (χ2v) is 8.20. The van der Waals surface area contributed by atoms with Crippen LogP contribution in [-0.2, 0) is 4.79 Å². The maximum absolute atomic E-state index is 13.1. The first kappa shape index (κ1) is 20.2. The van der Waals surface area contributed by atoms with Crippen molar-refractivity contribution in [2.75, 3.05) is 39.3 Å². The van der Waals surface area contributed by atoms with Crippen LogP contribution in [0, 0.1) is 5.41 Å². The molecule has 7 nitrogen and oxygen atoms in total. The number of carbonyl (C=O) groups excluding carboxylic acids is 3. The molecule has 2 aliphatic heterocycles. The van der Waals surface area contributed by atoms with E-state index in [1.54, 1.807) is 17.0 Å². The molecule has 0 saturated carbocycles. The Labute approximate surface area is 166 Å². The number of benzene rings is 1. The number of hydrogen-bond acceptors (Lipinski definition) is 3. The number of rotatable bonds is 3. The highest BCUT2D eigenvalue weighted by Gasteiger charge is 2.47. The van der Waals surface area contributed by atoms with E-state index in [4.69, 9.17) is 0 Å². The molecule has 0 unspecified atom stereocenters. The summed E-state index contributed by atoms with van der Waals surface area (Å²) in [6, 6.07) is 9.09. The molecule has 0 radical (unpaired) electrons. The first-order valence-electron chi connectivity index (χ1n) is 10.0. The largest absolute Gasteiger partial charge is 0.342 e. The molecular weight excluding hydrogens is 356 g/mol. The quantitative estimate of drug-likeness (QED) is 0.861. The van der Waals surface area contributed by atoms with E-state index in [1.165, 1.54) is 0 Å². The van der Waals surface area contributed by atoms with Gasteiger partial charge in [0, 0.05) is 62.7 Å². The maximum atomic E-state index is 13.1. The van der Waals surface area contributed by atoms with E-state index in [-0.39, 0.29) is 23.9 Å². The van der Waals surface area contributed by atoms with Gasteiger partial charge in [-0.3, -0.25) is 9.59 Å². The average Bonchev–Trinajstić information content (AvgIpc) is 2.86. The Morgan fingerprint density at radius 3 is 2.32 bits per heavy atom. The molecule has 1 aromatic rings. The number of nitrogens with one attached hydrogen (secondary N) is 1. The summed E-state index contributed by atoms with van der Waals surface area (Å²) in [6.45, 7) is 8.91. The van der Waals surface area contributed by atoms with Gasteiger partial charge in [0.05, 0.1) is 0 Å². The zero-order valence-electron chi connectivity index (χ0n) is 17.0. The molecule has 1 aromatic carbocycles. The molecule has 28 heavy (non-hydrogen) atoms. The van der Waals surface area contributed by atoms with Crippen molar-refractivity contribution in [1.82, 2.24) is 20.0 Å². The summed E-state index contributed by atoms with van der Waals surface area (Å²) in [4.78, 5) is 43.7. The second-order valence-electron chi connectivity index (χ2n) is 8.20. The standard InChI is InChI=1S/C21H30N4O3/c1-4-23-13-21(12-18(23)26)14-24(19(27)17-8-6-5-7-9-17)10-11-25(15-21)20(28)22-16(2)3/h5-9,16H,4,10-15H2,1-3H3,(H,22,28)/t21-/m0/s1. The molecule has 3 rings (SSSR count). The fourth-order valence-electron chi connectivity index (χ4n) is 4.19. The summed E-state index contributed by atoms with van der Waals surface area (Å²) in [5, 5.41) is 2.94. The van der Waals surface area contributed by atoms with Crippen LogP contribution in [0.5, 0.6) is 0 Å². The molecule has 0 aromatic heterocycles. The molecule has 4 amide bonds. The van der Waals surface area contributed by atoms with Crippen molar-refractivity contribution in [3.63, 3.8) is 0 Å². The minimum absolute atomic E-state index is 0.0334. The van der Waals surface area contributed by atoms with Crippen LogP contribution in [0.4, 0.5) is 4.79 Å². The fraction of sp³-hybridized carbons (Fsp3) is 0.571. The highest BCUT2D eigenvalue weighted by Crippen LogP contribution is 2.35. The lowest BCUT2D eigenvalue weighted by atomic mass is 9.85. The Hall–Kier alpha value is -2.57. The van der Waals surface area contributed by atoms with Gasteiger partial charge in [-0.15, -0.1) is 0 Å². The van der Waals surface area contributed by atoms with Crippen molar-refractivity contribution in [3.8, 4) is 0 Å². The fourth-order valence-corrected chi connectivity index (χ4v) is 4.19. The first-order valence-corrected chi connectivity index (χ1v) is 10.0. The van der Waals surface area contributed by atoms with Gasteiger partial charge in [-0.2, -0.15) is 0 Å². The van der Waals surface area contributed by atoms with Gasteiger partial charge in [0.15, 0.2) is 0 Å². The third-order valence-corrected chi connectivity index (χ3v) is 5.49. The maximum Gasteiger partial charge on any atom is 0.317 e. The summed E-state index contributed by atoms with van der Waals surface area (Å²) in [7, 11) is 0. The van der Waals surface area contributed by atoms with E-state index in [0.717, 1.165) is 0 Å². The topological polar surface area (TPSA) is 73.0 Å². The number of urea groups is 1. The van der Waals surface area contributed by atoms with Gasteiger partial charge < -0.3 is 20.0 Å². The number of nitrogens with zero attached hydrogens (tertiary/aromatic N) is 3. The number of carbonyl (C=O) groups is 3. The molecule has 2 saturated heterocycles. The van der Waals surface area contributed by atoms with Gasteiger partial charge in [-0.05, 0) is 32.9 Å². The Morgan fingerprint density at radius 2 is 1.71 bits per heavy atom. The van der Waals surface area contributed by atoms with Gasteiger partial charge in [0.25, 0.3) is 5.91 Å². The minimum Gasteiger partial charge on any atom is -0.342 e. The lowest BCUT2D eigenvalue weighted by molar-refractivity contribution is -0.127. The van der Waals surface area contributed by atoms with Crippen molar-refractivity contribution in [1.29, 1.82) is 0 Å². The van der Waals surface area contributed by atoms with Crippen LogP contribution in [0.15, 0.2) is 30.3 Å². The zero-order valence-corrected chi connectivity index (χ0v) is 17.0. The van der Waals surface area contributed by atoms with Crippen LogP contribution in [0.25, 0.3) is 0 Å². The van der Waals surface area contributed by atoms with Crippen molar-refractivity contribution in [3.05, 3.63) is 35.9 Å². The smallest absolute Gasteiger partial charge is 0.317 e. The average molecular weight is 386 g/mol. The molecule has 0 bridgehead atoms. The Balaban J connectivity index is 1.86. The summed E-state index contributed by atoms with van der Waals surface area (Å²) in [5.41, 5.74) is 0.205. The number of amides is 4. The van der Waals surface area contributed by atoms with E-state index in [9.17, 15) is 14.4 Å². The highest BCUT2D eigenvalue weighted by molar-refractivity contribution is 5.94. The number of hydrogen-bond donors (Lipinski definition) is 1. The molecule has 1 N–H and O–H groups in total. The van der Waals surface area contributed by atoms with Gasteiger partial charge >= 0.3 is 6.03 Å². The molecular formula is C21H30N4O3.